The van der Waals surface area contributed by atoms with E-state index in [1.54, 1.807) is 6.92 Å². The summed E-state index contributed by atoms with van der Waals surface area (Å²) in [6, 6.07) is 23.0. The van der Waals surface area contributed by atoms with Crippen molar-refractivity contribution in [2.24, 2.45) is 0 Å². The second-order valence-corrected chi connectivity index (χ2v) is 9.27. The largest absolute Gasteiger partial charge is 0.494 e. The number of carbonyl (C=O) groups excluding carboxylic acids is 1. The average molecular weight is 503 g/mol. The first-order valence-electron chi connectivity index (χ1n) is 13.5. The summed E-state index contributed by atoms with van der Waals surface area (Å²) in [7, 11) is 0. The molecule has 5 heteroatoms. The molecule has 0 amide bonds. The van der Waals surface area contributed by atoms with Crippen LogP contribution >= 0.6 is 0 Å². The fourth-order valence-electron chi connectivity index (χ4n) is 4.90. The van der Waals surface area contributed by atoms with Crippen molar-refractivity contribution >= 4 is 5.97 Å². The van der Waals surface area contributed by atoms with Crippen molar-refractivity contribution in [2.45, 2.75) is 58.5 Å². The Hall–Kier alpha value is -3.31. The monoisotopic (exact) mass is 502 g/mol. The first-order chi connectivity index (χ1) is 18.1. The number of unbranched alkanes of at least 4 members (excludes halogenated alkanes) is 1. The van der Waals surface area contributed by atoms with Crippen molar-refractivity contribution in [1.29, 1.82) is 0 Å². The highest BCUT2D eigenvalue weighted by molar-refractivity contribution is 5.79. The maximum atomic E-state index is 12.2. The van der Waals surface area contributed by atoms with Crippen LogP contribution in [0.1, 0.15) is 62.6 Å². The van der Waals surface area contributed by atoms with E-state index in [9.17, 15) is 4.79 Å². The molecule has 0 spiro atoms. The third-order valence-corrected chi connectivity index (χ3v) is 6.73. The van der Waals surface area contributed by atoms with Gasteiger partial charge in [-0.15, -0.1) is 0 Å². The van der Waals surface area contributed by atoms with E-state index in [1.807, 2.05) is 31.2 Å². The molecular weight excluding hydrogens is 464 g/mol. The maximum absolute atomic E-state index is 12.2. The second kappa shape index (κ2) is 13.3. The highest BCUT2D eigenvalue weighted by Crippen LogP contribution is 2.47. The zero-order chi connectivity index (χ0) is 26.0. The number of hydrogen-bond donors (Lipinski definition) is 0. The van der Waals surface area contributed by atoms with E-state index in [1.165, 1.54) is 22.3 Å². The molecule has 3 aromatic carbocycles. The molecule has 0 bridgehead atoms. The number of ether oxygens (including phenoxy) is 4. The predicted octanol–water partition coefficient (Wildman–Crippen LogP) is 6.96. The van der Waals surface area contributed by atoms with Gasteiger partial charge in [0.05, 0.1) is 19.8 Å². The van der Waals surface area contributed by atoms with Crippen LogP contribution in [0.4, 0.5) is 0 Å². The van der Waals surface area contributed by atoms with Crippen molar-refractivity contribution in [3.8, 4) is 22.6 Å². The van der Waals surface area contributed by atoms with Crippen molar-refractivity contribution in [1.82, 2.24) is 0 Å². The lowest BCUT2D eigenvalue weighted by Crippen LogP contribution is -2.28. The van der Waals surface area contributed by atoms with Crippen LogP contribution in [0.25, 0.3) is 11.1 Å². The zero-order valence-electron chi connectivity index (χ0n) is 22.2. The van der Waals surface area contributed by atoms with Gasteiger partial charge in [0.25, 0.3) is 0 Å². The summed E-state index contributed by atoms with van der Waals surface area (Å²) in [5.41, 5.74) is 6.27. The van der Waals surface area contributed by atoms with E-state index >= 15 is 0 Å². The summed E-state index contributed by atoms with van der Waals surface area (Å²) in [5, 5.41) is 0. The lowest BCUT2D eigenvalue weighted by molar-refractivity contribution is -0.156. The standard InChI is InChI=1S/C32H38O5/c1-4-7-19-36-25-16-17-28-26-10-8-9-11-27(26)29(30(28)22-25)18-20-37-24-14-12-23(13-15-24)21-31(34-5-2)32(33)35-6-3/h8-17,22,29,31H,4-7,18-21H2,1-3H3. The first-order valence-corrected chi connectivity index (χ1v) is 13.5. The number of fused-ring (bicyclic) bond motifs is 3. The molecule has 0 heterocycles. The normalized spacial score (nSPS) is 14.5. The summed E-state index contributed by atoms with van der Waals surface area (Å²) in [5.74, 6) is 1.71. The molecule has 0 N–H and O–H groups in total. The summed E-state index contributed by atoms with van der Waals surface area (Å²) in [6.07, 6.45) is 2.94. The Bertz CT molecular complexity index is 1150. The number of rotatable bonds is 14. The van der Waals surface area contributed by atoms with Crippen molar-refractivity contribution in [2.75, 3.05) is 26.4 Å². The molecule has 3 aromatic rings. The molecule has 0 saturated heterocycles. The van der Waals surface area contributed by atoms with Crippen molar-refractivity contribution in [3.05, 3.63) is 83.4 Å². The molecular formula is C32H38O5. The Morgan fingerprint density at radius 3 is 2.30 bits per heavy atom. The highest BCUT2D eigenvalue weighted by atomic mass is 16.6. The van der Waals surface area contributed by atoms with Gasteiger partial charge in [-0.3, -0.25) is 0 Å². The van der Waals surface area contributed by atoms with E-state index in [2.05, 4.69) is 49.4 Å². The molecule has 2 unspecified atom stereocenters. The molecule has 4 rings (SSSR count). The van der Waals surface area contributed by atoms with E-state index in [0.29, 0.717) is 26.2 Å². The highest BCUT2D eigenvalue weighted by Gasteiger charge is 2.28. The molecule has 2 atom stereocenters. The Labute approximate surface area is 220 Å². The van der Waals surface area contributed by atoms with Gasteiger partial charge >= 0.3 is 5.97 Å². The van der Waals surface area contributed by atoms with Gasteiger partial charge in [-0.2, -0.15) is 0 Å². The summed E-state index contributed by atoms with van der Waals surface area (Å²) in [4.78, 5) is 12.2. The first kappa shape index (κ1) is 26.7. The van der Waals surface area contributed by atoms with Gasteiger partial charge in [-0.05, 0) is 78.8 Å². The van der Waals surface area contributed by atoms with Gasteiger partial charge in [0.1, 0.15) is 11.5 Å². The summed E-state index contributed by atoms with van der Waals surface area (Å²) >= 11 is 0. The fraction of sp³-hybridized carbons (Fsp3) is 0.406. The molecule has 0 aliphatic heterocycles. The van der Waals surface area contributed by atoms with E-state index < -0.39 is 6.10 Å². The molecule has 0 aromatic heterocycles. The third-order valence-electron chi connectivity index (χ3n) is 6.73. The van der Waals surface area contributed by atoms with Crippen LogP contribution < -0.4 is 9.47 Å². The van der Waals surface area contributed by atoms with Gasteiger partial charge in [-0.25, -0.2) is 4.79 Å². The smallest absolute Gasteiger partial charge is 0.335 e. The minimum Gasteiger partial charge on any atom is -0.494 e. The van der Waals surface area contributed by atoms with Crippen LogP contribution in [0.2, 0.25) is 0 Å². The van der Waals surface area contributed by atoms with Crippen LogP contribution in [0.3, 0.4) is 0 Å². The fourth-order valence-corrected chi connectivity index (χ4v) is 4.90. The number of carbonyl (C=O) groups is 1. The Morgan fingerprint density at radius 2 is 1.54 bits per heavy atom. The molecule has 0 fully saturated rings. The number of benzene rings is 3. The van der Waals surface area contributed by atoms with Gasteiger partial charge in [0, 0.05) is 18.9 Å². The van der Waals surface area contributed by atoms with Crippen molar-refractivity contribution in [3.63, 3.8) is 0 Å². The lowest BCUT2D eigenvalue weighted by Gasteiger charge is -2.17. The van der Waals surface area contributed by atoms with Crippen LogP contribution in [-0.4, -0.2) is 38.5 Å². The molecule has 0 saturated carbocycles. The Balaban J connectivity index is 1.39. The molecule has 5 nitrogen and oxygen atoms in total. The van der Waals surface area contributed by atoms with Crippen LogP contribution in [0.15, 0.2) is 66.7 Å². The van der Waals surface area contributed by atoms with Gasteiger partial charge < -0.3 is 18.9 Å². The molecule has 1 aliphatic carbocycles. The molecule has 1 aliphatic rings. The van der Waals surface area contributed by atoms with Gasteiger partial charge in [-0.1, -0.05) is 55.8 Å². The summed E-state index contributed by atoms with van der Waals surface area (Å²) in [6.45, 7) is 8.01. The SMILES string of the molecule is CCCCOc1ccc2c(c1)C(CCOc1ccc(CC(OCC)C(=O)OCC)cc1)c1ccccc1-2. The minimum absolute atomic E-state index is 0.275. The third kappa shape index (κ3) is 6.72. The Kier molecular flexibility index (Phi) is 9.61. The van der Waals surface area contributed by atoms with Crippen molar-refractivity contribution < 1.29 is 23.7 Å². The quantitative estimate of drug-likeness (QED) is 0.176. The van der Waals surface area contributed by atoms with E-state index in [-0.39, 0.29) is 11.9 Å². The van der Waals surface area contributed by atoms with Crippen LogP contribution in [0.5, 0.6) is 11.5 Å². The second-order valence-electron chi connectivity index (χ2n) is 9.27. The van der Waals surface area contributed by atoms with Crippen LogP contribution in [0, 0.1) is 0 Å². The number of hydrogen-bond acceptors (Lipinski definition) is 5. The number of esters is 1. The average Bonchev–Trinajstić information content (AvgIpc) is 3.22. The summed E-state index contributed by atoms with van der Waals surface area (Å²) < 4.78 is 22.9. The molecule has 37 heavy (non-hydrogen) atoms. The van der Waals surface area contributed by atoms with E-state index in [4.69, 9.17) is 18.9 Å². The van der Waals surface area contributed by atoms with Gasteiger partial charge in [0.15, 0.2) is 6.10 Å². The molecule has 196 valence electrons. The zero-order valence-corrected chi connectivity index (χ0v) is 22.2. The van der Waals surface area contributed by atoms with Gasteiger partial charge in [0.2, 0.25) is 0 Å². The topological polar surface area (TPSA) is 54.0 Å². The minimum atomic E-state index is -0.588. The lowest BCUT2D eigenvalue weighted by atomic mass is 9.94. The predicted molar refractivity (Wildman–Crippen MR) is 146 cm³/mol. The van der Waals surface area contributed by atoms with E-state index in [0.717, 1.165) is 42.9 Å². The maximum Gasteiger partial charge on any atom is 0.335 e. The molecule has 0 radical (unpaired) electrons. The van der Waals surface area contributed by atoms with Crippen LogP contribution in [-0.2, 0) is 20.7 Å². The Morgan fingerprint density at radius 1 is 0.811 bits per heavy atom.